The van der Waals surface area contributed by atoms with E-state index in [0.717, 1.165) is 122 Å². The Kier molecular flexibility index (Phi) is 57.4. The molecule has 0 rings (SSSR count). The highest BCUT2D eigenvalue weighted by Crippen LogP contribution is 2.15. The predicted octanol–water partition coefficient (Wildman–Crippen LogP) is 20.7. The van der Waals surface area contributed by atoms with Gasteiger partial charge >= 0.3 is 17.9 Å². The topological polar surface area (TPSA) is 78.9 Å². The van der Waals surface area contributed by atoms with Crippen LogP contribution in [0, 0.1) is 0 Å². The lowest BCUT2D eigenvalue weighted by Crippen LogP contribution is -2.30. The van der Waals surface area contributed by atoms with Crippen molar-refractivity contribution in [3.05, 3.63) is 109 Å². The van der Waals surface area contributed by atoms with E-state index in [0.29, 0.717) is 19.3 Å². The van der Waals surface area contributed by atoms with Crippen molar-refractivity contribution >= 4 is 17.9 Å². The van der Waals surface area contributed by atoms with Gasteiger partial charge in [-0.05, 0) is 109 Å². The van der Waals surface area contributed by atoms with E-state index in [1.807, 2.05) is 0 Å². The molecule has 1 atom stereocenters. The molecule has 0 aliphatic heterocycles. The maximum Gasteiger partial charge on any atom is 0.306 e. The van der Waals surface area contributed by atoms with Crippen molar-refractivity contribution in [2.75, 3.05) is 13.2 Å². The lowest BCUT2D eigenvalue weighted by atomic mass is 10.1. The molecule has 0 aliphatic rings. The molecule has 0 saturated carbocycles. The maximum atomic E-state index is 12.8. The van der Waals surface area contributed by atoms with Gasteiger partial charge in [0.2, 0.25) is 0 Å². The van der Waals surface area contributed by atoms with Crippen molar-refractivity contribution in [1.82, 2.24) is 0 Å². The van der Waals surface area contributed by atoms with Crippen LogP contribution in [0.4, 0.5) is 0 Å². The Morgan fingerprint density at radius 1 is 0.288 bits per heavy atom. The number of esters is 3. The fraction of sp³-hybridized carbons (Fsp3) is 0.687. The Bertz CT molecular complexity index is 1490. The van der Waals surface area contributed by atoms with Crippen molar-refractivity contribution in [3.8, 4) is 0 Å². The van der Waals surface area contributed by atoms with Gasteiger partial charge in [0.15, 0.2) is 6.10 Å². The zero-order chi connectivity index (χ0) is 52.9. The Labute approximate surface area is 450 Å². The van der Waals surface area contributed by atoms with E-state index < -0.39 is 6.10 Å². The zero-order valence-corrected chi connectivity index (χ0v) is 47.6. The first-order valence-corrected chi connectivity index (χ1v) is 30.4. The highest BCUT2D eigenvalue weighted by Gasteiger charge is 2.19. The minimum Gasteiger partial charge on any atom is -0.462 e. The summed E-state index contributed by atoms with van der Waals surface area (Å²) in [7, 11) is 0. The second-order valence-corrected chi connectivity index (χ2v) is 19.9. The molecule has 0 aromatic carbocycles. The van der Waals surface area contributed by atoms with Gasteiger partial charge in [0.05, 0.1) is 0 Å². The zero-order valence-electron chi connectivity index (χ0n) is 47.6. The second-order valence-electron chi connectivity index (χ2n) is 19.9. The number of carbonyl (C=O) groups is 3. The molecule has 0 aliphatic carbocycles. The van der Waals surface area contributed by atoms with E-state index in [2.05, 4.69) is 130 Å². The third-order valence-corrected chi connectivity index (χ3v) is 12.8. The molecule has 1 unspecified atom stereocenters. The standard InChI is InChI=1S/C67H112O6/c1-4-7-10-13-16-18-20-22-24-26-28-29-30-31-32-33-34-35-36-37-38-39-40-42-43-45-47-49-51-54-57-60-66(69)72-63-64(62-71-65(68)59-56-53-15-12-9-6-3)73-67(70)61-58-55-52-50-48-46-44-41-27-25-23-21-19-17-14-11-8-5-2/h7,10,16,18,22,24-25,27-29,31-32,34-35,37-38,40,42,64H,4-6,8-9,11-15,17,19-21,23,26,30,33,36,39,41,43-63H2,1-3H3/b10-7-,18-16-,24-22-,27-25-,29-28-,32-31-,35-34-,38-37-,42-40-. The molecular formula is C67H112O6. The molecule has 0 radical (unpaired) electrons. The predicted molar refractivity (Wildman–Crippen MR) is 316 cm³/mol. The first kappa shape index (κ1) is 69.1. The summed E-state index contributed by atoms with van der Waals surface area (Å²) >= 11 is 0. The van der Waals surface area contributed by atoms with Gasteiger partial charge in [-0.25, -0.2) is 0 Å². The van der Waals surface area contributed by atoms with Crippen LogP contribution in [0.1, 0.15) is 278 Å². The summed E-state index contributed by atoms with van der Waals surface area (Å²) in [5.41, 5.74) is 0. The van der Waals surface area contributed by atoms with E-state index in [1.54, 1.807) is 0 Å². The number of allylic oxidation sites excluding steroid dienone is 18. The first-order valence-electron chi connectivity index (χ1n) is 30.4. The lowest BCUT2D eigenvalue weighted by Gasteiger charge is -2.18. The SMILES string of the molecule is CC/C=C\C/C=C\C/C=C\C/C=C\C/C=C\C/C=C\C/C=C\C/C=C\CCCCCCCCC(=O)OCC(COC(=O)CCCCCCCC)OC(=O)CCCCCCCCC/C=C\CCCCCCCCC. The molecule has 416 valence electrons. The van der Waals surface area contributed by atoms with Crippen LogP contribution in [0.15, 0.2) is 109 Å². The van der Waals surface area contributed by atoms with E-state index in [9.17, 15) is 14.4 Å². The molecule has 0 aromatic rings. The number of hydrogen-bond acceptors (Lipinski definition) is 6. The molecule has 0 bridgehead atoms. The average molecular weight is 1010 g/mol. The molecule has 0 heterocycles. The van der Waals surface area contributed by atoms with Gasteiger partial charge in [0.25, 0.3) is 0 Å². The molecule has 0 aromatic heterocycles. The minimum absolute atomic E-state index is 0.0844. The van der Waals surface area contributed by atoms with Crippen molar-refractivity contribution in [3.63, 3.8) is 0 Å². The molecule has 0 N–H and O–H groups in total. The lowest BCUT2D eigenvalue weighted by molar-refractivity contribution is -0.167. The third-order valence-electron chi connectivity index (χ3n) is 12.8. The van der Waals surface area contributed by atoms with E-state index in [-0.39, 0.29) is 31.1 Å². The number of ether oxygens (including phenoxy) is 3. The summed E-state index contributed by atoms with van der Waals surface area (Å²) in [4.78, 5) is 37.9. The van der Waals surface area contributed by atoms with Gasteiger partial charge < -0.3 is 14.2 Å². The highest BCUT2D eigenvalue weighted by atomic mass is 16.6. The summed E-state index contributed by atoms with van der Waals surface area (Å²) in [5, 5.41) is 0. The van der Waals surface area contributed by atoms with Crippen LogP contribution in [0.5, 0.6) is 0 Å². The monoisotopic (exact) mass is 1010 g/mol. The van der Waals surface area contributed by atoms with Crippen molar-refractivity contribution in [2.24, 2.45) is 0 Å². The Morgan fingerprint density at radius 2 is 0.534 bits per heavy atom. The molecule has 0 spiro atoms. The van der Waals surface area contributed by atoms with Gasteiger partial charge in [-0.2, -0.15) is 0 Å². The normalized spacial score (nSPS) is 12.9. The van der Waals surface area contributed by atoms with Crippen molar-refractivity contribution in [1.29, 1.82) is 0 Å². The molecular weight excluding hydrogens is 901 g/mol. The van der Waals surface area contributed by atoms with Crippen LogP contribution in [0.2, 0.25) is 0 Å². The molecule has 0 amide bonds. The number of carbonyl (C=O) groups excluding carboxylic acids is 3. The molecule has 73 heavy (non-hydrogen) atoms. The van der Waals surface area contributed by atoms with Gasteiger partial charge in [0, 0.05) is 19.3 Å². The van der Waals surface area contributed by atoms with Crippen molar-refractivity contribution in [2.45, 2.75) is 284 Å². The summed E-state index contributed by atoms with van der Waals surface area (Å²) < 4.78 is 16.8. The summed E-state index contributed by atoms with van der Waals surface area (Å²) in [6, 6.07) is 0. The molecule has 6 nitrogen and oxygen atoms in total. The van der Waals surface area contributed by atoms with Crippen LogP contribution < -0.4 is 0 Å². The van der Waals surface area contributed by atoms with Gasteiger partial charge in [-0.3, -0.25) is 14.4 Å². The van der Waals surface area contributed by atoms with Crippen molar-refractivity contribution < 1.29 is 28.6 Å². The van der Waals surface area contributed by atoms with Gasteiger partial charge in [0.1, 0.15) is 13.2 Å². The first-order chi connectivity index (χ1) is 36.0. The van der Waals surface area contributed by atoms with Crippen LogP contribution in [-0.2, 0) is 28.6 Å². The summed E-state index contributed by atoms with van der Waals surface area (Å²) in [6.07, 6.45) is 82.6. The fourth-order valence-corrected chi connectivity index (χ4v) is 8.22. The van der Waals surface area contributed by atoms with Crippen LogP contribution in [-0.4, -0.2) is 37.2 Å². The smallest absolute Gasteiger partial charge is 0.306 e. The van der Waals surface area contributed by atoms with Crippen LogP contribution in [0.3, 0.4) is 0 Å². The number of hydrogen-bond donors (Lipinski definition) is 0. The Morgan fingerprint density at radius 3 is 0.849 bits per heavy atom. The quantitative estimate of drug-likeness (QED) is 0.0261. The fourth-order valence-electron chi connectivity index (χ4n) is 8.22. The van der Waals surface area contributed by atoms with Gasteiger partial charge in [-0.15, -0.1) is 0 Å². The van der Waals surface area contributed by atoms with Gasteiger partial charge in [-0.1, -0.05) is 259 Å². The van der Waals surface area contributed by atoms with Crippen LogP contribution >= 0.6 is 0 Å². The molecule has 0 fully saturated rings. The summed E-state index contributed by atoms with van der Waals surface area (Å²) in [6.45, 7) is 6.45. The molecule has 0 saturated heterocycles. The third kappa shape index (κ3) is 58.8. The summed E-state index contributed by atoms with van der Waals surface area (Å²) in [5.74, 6) is -0.911. The van der Waals surface area contributed by atoms with Crippen LogP contribution in [0.25, 0.3) is 0 Å². The number of unbranched alkanes of at least 4 members (excludes halogenated alkanes) is 25. The average Bonchev–Trinajstić information content (AvgIpc) is 3.39. The van der Waals surface area contributed by atoms with E-state index in [1.165, 1.54) is 116 Å². The van der Waals surface area contributed by atoms with E-state index in [4.69, 9.17) is 14.2 Å². The Balaban J connectivity index is 4.16. The minimum atomic E-state index is -0.784. The molecule has 6 heteroatoms. The maximum absolute atomic E-state index is 12.8. The number of rotatable bonds is 54. The Hall–Kier alpha value is -3.93. The van der Waals surface area contributed by atoms with E-state index >= 15 is 0 Å². The highest BCUT2D eigenvalue weighted by molar-refractivity contribution is 5.71. The second kappa shape index (κ2) is 60.6. The largest absolute Gasteiger partial charge is 0.462 e.